The Morgan fingerprint density at radius 2 is 1.95 bits per heavy atom. The SMILES string of the molecule is CCOP(=O)(OCC)C1N=C2C=Cc3nnnn3N2C1(C)C. The van der Waals surface area contributed by atoms with E-state index >= 15 is 0 Å². The number of fused-ring (bicyclic) bond motifs is 3. The summed E-state index contributed by atoms with van der Waals surface area (Å²) in [4.78, 5) is 6.13. The molecule has 3 rings (SSSR count). The van der Waals surface area contributed by atoms with Gasteiger partial charge < -0.3 is 9.05 Å². The maximum Gasteiger partial charge on any atom is 0.357 e. The Bertz CT molecular complexity index is 672. The number of hydrogen-bond acceptors (Lipinski definition) is 8. The second-order valence-electron chi connectivity index (χ2n) is 5.46. The highest BCUT2D eigenvalue weighted by Gasteiger charge is 2.55. The second-order valence-corrected chi connectivity index (χ2v) is 7.55. The van der Waals surface area contributed by atoms with Crippen molar-refractivity contribution in [3.63, 3.8) is 0 Å². The van der Waals surface area contributed by atoms with Gasteiger partial charge in [-0.2, -0.15) is 0 Å². The van der Waals surface area contributed by atoms with E-state index in [-0.39, 0.29) is 0 Å². The first-order valence-corrected chi connectivity index (χ1v) is 8.78. The summed E-state index contributed by atoms with van der Waals surface area (Å²) in [6.07, 6.45) is 3.57. The predicted octanol–water partition coefficient (Wildman–Crippen LogP) is 1.42. The molecule has 0 spiro atoms. The van der Waals surface area contributed by atoms with Gasteiger partial charge in [0.25, 0.3) is 0 Å². The molecule has 22 heavy (non-hydrogen) atoms. The second kappa shape index (κ2) is 5.26. The van der Waals surface area contributed by atoms with Crippen molar-refractivity contribution in [3.8, 4) is 0 Å². The van der Waals surface area contributed by atoms with Gasteiger partial charge >= 0.3 is 7.60 Å². The van der Waals surface area contributed by atoms with Crippen LogP contribution in [-0.2, 0) is 13.6 Å². The number of hydrogen-bond donors (Lipinski definition) is 0. The van der Waals surface area contributed by atoms with Crippen molar-refractivity contribution in [1.82, 2.24) is 20.3 Å². The number of aliphatic imine (C=N–C) groups is 1. The van der Waals surface area contributed by atoms with Gasteiger partial charge in [0, 0.05) is 0 Å². The molecule has 10 heteroatoms. The first kappa shape index (κ1) is 15.3. The van der Waals surface area contributed by atoms with Crippen LogP contribution < -0.4 is 5.01 Å². The van der Waals surface area contributed by atoms with Crippen LogP contribution in [0.2, 0.25) is 0 Å². The van der Waals surface area contributed by atoms with E-state index < -0.39 is 18.9 Å². The summed E-state index contributed by atoms with van der Waals surface area (Å²) in [6.45, 7) is 8.00. The standard InChI is InChI=1S/C12H19N6O3P/c1-5-20-22(19,21-6-2)11-12(3,4)17-9(13-11)7-8-10-14-15-16-18(10)17/h7-8,11H,5-6H2,1-4H3. The van der Waals surface area contributed by atoms with E-state index in [1.807, 2.05) is 18.9 Å². The normalized spacial score (nSPS) is 22.5. The van der Waals surface area contributed by atoms with Crippen molar-refractivity contribution in [1.29, 1.82) is 0 Å². The minimum Gasteiger partial charge on any atom is -0.307 e. The molecule has 1 aromatic heterocycles. The van der Waals surface area contributed by atoms with Gasteiger partial charge in [0.1, 0.15) is 5.84 Å². The number of aromatic nitrogens is 4. The number of amidine groups is 1. The van der Waals surface area contributed by atoms with Crippen LogP contribution in [0.25, 0.3) is 6.08 Å². The Kier molecular flexibility index (Phi) is 3.66. The maximum atomic E-state index is 13.2. The lowest BCUT2D eigenvalue weighted by Crippen LogP contribution is -2.56. The molecule has 0 radical (unpaired) electrons. The smallest absolute Gasteiger partial charge is 0.307 e. The van der Waals surface area contributed by atoms with E-state index in [1.54, 1.807) is 30.8 Å². The van der Waals surface area contributed by atoms with Gasteiger partial charge in [0.15, 0.2) is 11.6 Å². The molecule has 0 amide bonds. The molecule has 3 heterocycles. The summed E-state index contributed by atoms with van der Waals surface area (Å²) in [5.41, 5.74) is -0.663. The van der Waals surface area contributed by atoms with Crippen LogP contribution in [0.3, 0.4) is 0 Å². The van der Waals surface area contributed by atoms with Crippen LogP contribution in [0.1, 0.15) is 33.5 Å². The van der Waals surface area contributed by atoms with Crippen molar-refractivity contribution < 1.29 is 13.6 Å². The topological polar surface area (TPSA) is 94.7 Å². The van der Waals surface area contributed by atoms with Crippen LogP contribution >= 0.6 is 7.60 Å². The van der Waals surface area contributed by atoms with Crippen LogP contribution in [0.15, 0.2) is 11.1 Å². The first-order chi connectivity index (χ1) is 10.4. The molecule has 9 nitrogen and oxygen atoms in total. The lowest BCUT2D eigenvalue weighted by Gasteiger charge is -2.38. The molecule has 0 saturated carbocycles. The average molecular weight is 326 g/mol. The molecule has 0 saturated heterocycles. The molecular weight excluding hydrogens is 307 g/mol. The van der Waals surface area contributed by atoms with Gasteiger partial charge in [0.2, 0.25) is 0 Å². The number of tetrazole rings is 1. The first-order valence-electron chi connectivity index (χ1n) is 7.17. The fourth-order valence-corrected chi connectivity index (χ4v) is 4.99. The van der Waals surface area contributed by atoms with E-state index in [2.05, 4.69) is 20.5 Å². The third-order valence-electron chi connectivity index (χ3n) is 3.61. The molecule has 0 aliphatic carbocycles. The zero-order chi connectivity index (χ0) is 16.0. The van der Waals surface area contributed by atoms with E-state index in [1.165, 1.54) is 0 Å². The van der Waals surface area contributed by atoms with Gasteiger partial charge in [-0.3, -0.25) is 4.57 Å². The van der Waals surface area contributed by atoms with Crippen LogP contribution in [0.5, 0.6) is 0 Å². The van der Waals surface area contributed by atoms with E-state index in [0.717, 1.165) is 0 Å². The molecule has 2 aliphatic heterocycles. The monoisotopic (exact) mass is 326 g/mol. The zero-order valence-corrected chi connectivity index (χ0v) is 13.9. The summed E-state index contributed by atoms with van der Waals surface area (Å²) in [7, 11) is -3.40. The summed E-state index contributed by atoms with van der Waals surface area (Å²) < 4.78 is 24.1. The molecule has 1 unspecified atom stereocenters. The van der Waals surface area contributed by atoms with Gasteiger partial charge in [-0.05, 0) is 50.3 Å². The lowest BCUT2D eigenvalue weighted by atomic mass is 10.1. The van der Waals surface area contributed by atoms with Gasteiger partial charge in [0.05, 0.1) is 18.8 Å². The molecule has 0 bridgehead atoms. The highest BCUT2D eigenvalue weighted by molar-refractivity contribution is 7.54. The minimum absolute atomic E-state index is 0.292. The van der Waals surface area contributed by atoms with E-state index in [4.69, 9.17) is 9.05 Å². The molecule has 120 valence electrons. The Balaban J connectivity index is 2.05. The van der Waals surface area contributed by atoms with E-state index in [0.29, 0.717) is 24.9 Å². The van der Waals surface area contributed by atoms with Crippen molar-refractivity contribution in [2.45, 2.75) is 39.0 Å². The number of rotatable bonds is 5. The largest absolute Gasteiger partial charge is 0.357 e. The van der Waals surface area contributed by atoms with Gasteiger partial charge in [-0.25, -0.2) is 10.0 Å². The predicted molar refractivity (Wildman–Crippen MR) is 81.2 cm³/mol. The fourth-order valence-electron chi connectivity index (χ4n) is 2.77. The number of nitrogens with zero attached hydrogens (tertiary/aromatic N) is 6. The molecule has 0 N–H and O–H groups in total. The van der Waals surface area contributed by atoms with E-state index in [9.17, 15) is 4.57 Å². The molecule has 1 aromatic rings. The van der Waals surface area contributed by atoms with Crippen LogP contribution in [-0.4, -0.2) is 50.7 Å². The van der Waals surface area contributed by atoms with Crippen LogP contribution in [0.4, 0.5) is 0 Å². The molecule has 2 aliphatic rings. The zero-order valence-electron chi connectivity index (χ0n) is 13.0. The Morgan fingerprint density at radius 1 is 1.27 bits per heavy atom. The summed E-state index contributed by atoms with van der Waals surface area (Å²) >= 11 is 0. The third kappa shape index (κ3) is 2.12. The average Bonchev–Trinajstić information content (AvgIpc) is 3.01. The maximum absolute atomic E-state index is 13.2. The lowest BCUT2D eigenvalue weighted by molar-refractivity contribution is 0.202. The van der Waals surface area contributed by atoms with Crippen molar-refractivity contribution >= 4 is 19.5 Å². The molecule has 1 atom stereocenters. The van der Waals surface area contributed by atoms with Crippen LogP contribution in [0, 0.1) is 0 Å². The highest BCUT2D eigenvalue weighted by atomic mass is 31.2. The fraction of sp³-hybridized carbons (Fsp3) is 0.667. The van der Waals surface area contributed by atoms with Crippen molar-refractivity contribution in [3.05, 3.63) is 11.9 Å². The van der Waals surface area contributed by atoms with Gasteiger partial charge in [-0.1, -0.05) is 0 Å². The quantitative estimate of drug-likeness (QED) is 0.755. The third-order valence-corrected chi connectivity index (χ3v) is 6.20. The molecule has 0 aromatic carbocycles. The van der Waals surface area contributed by atoms with Gasteiger partial charge in [-0.15, -0.1) is 9.89 Å². The summed E-state index contributed by atoms with van der Waals surface area (Å²) in [5, 5.41) is 13.4. The summed E-state index contributed by atoms with van der Waals surface area (Å²) in [5.74, 6) is 0.569. The molecule has 0 fully saturated rings. The summed E-state index contributed by atoms with van der Waals surface area (Å²) in [6, 6.07) is 0. The van der Waals surface area contributed by atoms with Crippen molar-refractivity contribution in [2.24, 2.45) is 4.99 Å². The molecular formula is C12H19N6O3P. The highest BCUT2D eigenvalue weighted by Crippen LogP contribution is 2.59. The Morgan fingerprint density at radius 3 is 2.59 bits per heavy atom. The minimum atomic E-state index is -3.40. The Labute approximate surface area is 128 Å². The van der Waals surface area contributed by atoms with Crippen molar-refractivity contribution in [2.75, 3.05) is 18.2 Å². The Hall–Kier alpha value is -1.57.